The number of hydrogen-bond donors (Lipinski definition) is 1. The molecule has 2 heterocycles. The molecule has 0 unspecified atom stereocenters. The van der Waals surface area contributed by atoms with Gasteiger partial charge in [-0.25, -0.2) is 9.97 Å². The molecule has 1 fully saturated rings. The van der Waals surface area contributed by atoms with Gasteiger partial charge in [-0.3, -0.25) is 4.79 Å². The van der Waals surface area contributed by atoms with Crippen LogP contribution >= 0.6 is 11.3 Å². The topological polar surface area (TPSA) is 58.1 Å². The Morgan fingerprint density at radius 1 is 1.06 bits per heavy atom. The Hall–Kier alpha value is -3.25. The molecule has 0 saturated heterocycles. The van der Waals surface area contributed by atoms with E-state index in [4.69, 9.17) is 9.97 Å². The van der Waals surface area contributed by atoms with Crippen molar-refractivity contribution in [1.82, 2.24) is 14.9 Å². The average Bonchev–Trinajstić information content (AvgIpc) is 3.57. The van der Waals surface area contributed by atoms with E-state index in [0.29, 0.717) is 18.0 Å². The van der Waals surface area contributed by atoms with E-state index in [1.807, 2.05) is 30.3 Å². The zero-order valence-corrected chi connectivity index (χ0v) is 18.4. The van der Waals surface area contributed by atoms with Gasteiger partial charge in [0.1, 0.15) is 16.5 Å². The number of anilines is 1. The van der Waals surface area contributed by atoms with Gasteiger partial charge in [-0.15, -0.1) is 11.3 Å². The van der Waals surface area contributed by atoms with E-state index in [9.17, 15) is 4.79 Å². The molecule has 156 valence electrons. The maximum atomic E-state index is 12.1. The molecule has 0 radical (unpaired) electrons. The molecule has 1 N–H and O–H groups in total. The molecular weight excluding hydrogens is 404 g/mol. The number of amides is 1. The van der Waals surface area contributed by atoms with Gasteiger partial charge in [-0.05, 0) is 36.1 Å². The summed E-state index contributed by atoms with van der Waals surface area (Å²) < 4.78 is 0. The largest absolute Gasteiger partial charge is 0.365 e. The van der Waals surface area contributed by atoms with Crippen LogP contribution in [0.15, 0.2) is 60.0 Å². The minimum Gasteiger partial charge on any atom is -0.365 e. The highest BCUT2D eigenvalue weighted by molar-refractivity contribution is 7.17. The smallest absolute Gasteiger partial charge is 0.253 e. The number of aromatic nitrogens is 2. The molecule has 0 atom stereocenters. The molecule has 1 aliphatic rings. The molecule has 1 saturated carbocycles. The van der Waals surface area contributed by atoms with Crippen molar-refractivity contribution in [2.75, 3.05) is 19.4 Å². The van der Waals surface area contributed by atoms with Crippen LogP contribution in [-0.4, -0.2) is 34.9 Å². The minimum absolute atomic E-state index is 0.0110. The standard InChI is InChI=1S/C25H24N4OS/c1-29(2)25(30)19-10-8-16(9-11-19)14-26-23-21-20(17-6-4-3-5-7-17)15-31-24(21)28-22(27-23)18-12-13-18/h3-11,15,18H,12-14H2,1-2H3,(H,26,27,28). The van der Waals surface area contributed by atoms with Gasteiger partial charge in [0.15, 0.2) is 0 Å². The lowest BCUT2D eigenvalue weighted by Gasteiger charge is -2.12. The SMILES string of the molecule is CN(C)C(=O)c1ccc(CNc2nc(C3CC3)nc3scc(-c4ccccc4)c23)cc1. The first kappa shape index (κ1) is 19.7. The fourth-order valence-electron chi connectivity index (χ4n) is 3.65. The molecule has 31 heavy (non-hydrogen) atoms. The van der Waals surface area contributed by atoms with Crippen LogP contribution in [0.1, 0.15) is 40.5 Å². The lowest BCUT2D eigenvalue weighted by Crippen LogP contribution is -2.21. The lowest BCUT2D eigenvalue weighted by atomic mass is 10.1. The molecule has 4 aromatic rings. The van der Waals surface area contributed by atoms with Crippen LogP contribution in [0.3, 0.4) is 0 Å². The van der Waals surface area contributed by atoms with E-state index in [-0.39, 0.29) is 5.91 Å². The van der Waals surface area contributed by atoms with E-state index in [0.717, 1.165) is 33.0 Å². The first-order chi connectivity index (χ1) is 15.1. The molecule has 6 heteroatoms. The van der Waals surface area contributed by atoms with Crippen molar-refractivity contribution in [1.29, 1.82) is 0 Å². The predicted molar refractivity (Wildman–Crippen MR) is 127 cm³/mol. The Bertz CT molecular complexity index is 1230. The maximum Gasteiger partial charge on any atom is 0.253 e. The summed E-state index contributed by atoms with van der Waals surface area (Å²) in [5, 5.41) is 6.82. The molecule has 2 aromatic carbocycles. The normalized spacial score (nSPS) is 13.4. The number of fused-ring (bicyclic) bond motifs is 1. The molecular formula is C25H24N4OS. The lowest BCUT2D eigenvalue weighted by molar-refractivity contribution is 0.0827. The highest BCUT2D eigenvalue weighted by Gasteiger charge is 2.28. The van der Waals surface area contributed by atoms with Crippen LogP contribution in [0.25, 0.3) is 21.3 Å². The van der Waals surface area contributed by atoms with Crippen LogP contribution in [0.2, 0.25) is 0 Å². The molecule has 1 aliphatic carbocycles. The summed E-state index contributed by atoms with van der Waals surface area (Å²) >= 11 is 1.68. The van der Waals surface area contributed by atoms with E-state index in [1.54, 1.807) is 30.3 Å². The van der Waals surface area contributed by atoms with Crippen molar-refractivity contribution in [3.05, 3.63) is 76.9 Å². The van der Waals surface area contributed by atoms with E-state index in [2.05, 4.69) is 35.0 Å². The van der Waals surface area contributed by atoms with Crippen molar-refractivity contribution in [2.45, 2.75) is 25.3 Å². The summed E-state index contributed by atoms with van der Waals surface area (Å²) in [5.74, 6) is 2.34. The van der Waals surface area contributed by atoms with Gasteiger partial charge in [0, 0.05) is 43.1 Å². The van der Waals surface area contributed by atoms with Gasteiger partial charge in [0.25, 0.3) is 5.91 Å². The number of carbonyl (C=O) groups is 1. The number of carbonyl (C=O) groups excluding carboxylic acids is 1. The summed E-state index contributed by atoms with van der Waals surface area (Å²) in [7, 11) is 3.53. The number of hydrogen-bond acceptors (Lipinski definition) is 5. The highest BCUT2D eigenvalue weighted by Crippen LogP contribution is 2.42. The Balaban J connectivity index is 1.47. The summed E-state index contributed by atoms with van der Waals surface area (Å²) in [6, 6.07) is 18.1. The zero-order valence-electron chi connectivity index (χ0n) is 17.6. The number of benzene rings is 2. The fourth-order valence-corrected chi connectivity index (χ4v) is 4.60. The van der Waals surface area contributed by atoms with Crippen LogP contribution in [0, 0.1) is 0 Å². The summed E-state index contributed by atoms with van der Waals surface area (Å²) in [6.45, 7) is 0.636. The van der Waals surface area contributed by atoms with E-state index < -0.39 is 0 Å². The van der Waals surface area contributed by atoms with Crippen LogP contribution in [0.4, 0.5) is 5.82 Å². The second-order valence-electron chi connectivity index (χ2n) is 8.15. The van der Waals surface area contributed by atoms with E-state index >= 15 is 0 Å². The van der Waals surface area contributed by atoms with Crippen LogP contribution in [0.5, 0.6) is 0 Å². The second-order valence-corrected chi connectivity index (χ2v) is 9.01. The molecule has 2 aromatic heterocycles. The number of nitrogens with one attached hydrogen (secondary N) is 1. The summed E-state index contributed by atoms with van der Waals surface area (Å²) in [5.41, 5.74) is 4.13. The maximum absolute atomic E-state index is 12.1. The van der Waals surface area contributed by atoms with Crippen molar-refractivity contribution in [3.8, 4) is 11.1 Å². The zero-order chi connectivity index (χ0) is 21.4. The third kappa shape index (κ3) is 4.03. The van der Waals surface area contributed by atoms with Gasteiger partial charge >= 0.3 is 0 Å². The Morgan fingerprint density at radius 2 is 1.81 bits per heavy atom. The molecule has 1 amide bonds. The molecule has 0 spiro atoms. The monoisotopic (exact) mass is 428 g/mol. The van der Waals surface area contributed by atoms with Crippen LogP contribution in [-0.2, 0) is 6.54 Å². The third-order valence-electron chi connectivity index (χ3n) is 5.55. The molecule has 5 nitrogen and oxygen atoms in total. The van der Waals surface area contributed by atoms with E-state index in [1.165, 1.54) is 18.4 Å². The minimum atomic E-state index is 0.0110. The average molecular weight is 429 g/mol. The van der Waals surface area contributed by atoms with Gasteiger partial charge in [-0.1, -0.05) is 42.5 Å². The van der Waals surface area contributed by atoms with Crippen LogP contribution < -0.4 is 5.32 Å². The van der Waals surface area contributed by atoms with Crippen molar-refractivity contribution in [2.24, 2.45) is 0 Å². The Labute approximate surface area is 185 Å². The first-order valence-corrected chi connectivity index (χ1v) is 11.4. The fraction of sp³-hybridized carbons (Fsp3) is 0.240. The third-order valence-corrected chi connectivity index (χ3v) is 6.42. The molecule has 0 aliphatic heterocycles. The molecule has 0 bridgehead atoms. The quantitative estimate of drug-likeness (QED) is 0.437. The highest BCUT2D eigenvalue weighted by atomic mass is 32.1. The van der Waals surface area contributed by atoms with Gasteiger partial charge < -0.3 is 10.2 Å². The van der Waals surface area contributed by atoms with Gasteiger partial charge in [0.05, 0.1) is 5.39 Å². The van der Waals surface area contributed by atoms with Gasteiger partial charge in [-0.2, -0.15) is 0 Å². The number of rotatable bonds is 6. The number of nitrogens with zero attached hydrogens (tertiary/aromatic N) is 3. The summed E-state index contributed by atoms with van der Waals surface area (Å²) in [6.07, 6.45) is 2.34. The van der Waals surface area contributed by atoms with Crippen molar-refractivity contribution < 1.29 is 4.79 Å². The molecule has 5 rings (SSSR count). The Kier molecular flexibility index (Phi) is 5.16. The van der Waals surface area contributed by atoms with Crippen molar-refractivity contribution in [3.63, 3.8) is 0 Å². The first-order valence-electron chi connectivity index (χ1n) is 10.5. The van der Waals surface area contributed by atoms with Gasteiger partial charge in [0.2, 0.25) is 0 Å². The Morgan fingerprint density at radius 3 is 2.48 bits per heavy atom. The number of thiophene rings is 1. The second kappa shape index (κ2) is 8.12. The predicted octanol–water partition coefficient (Wildman–Crippen LogP) is 5.55. The summed E-state index contributed by atoms with van der Waals surface area (Å²) in [4.78, 5) is 24.5. The van der Waals surface area contributed by atoms with Crippen molar-refractivity contribution >= 4 is 33.3 Å².